The molecule has 0 saturated carbocycles. The molecule has 1 aromatic heterocycles. The fourth-order valence-corrected chi connectivity index (χ4v) is 3.28. The smallest absolute Gasteiger partial charge is 0.262 e. The number of alkyl halides is 2. The summed E-state index contributed by atoms with van der Waals surface area (Å²) in [6.07, 6.45) is 0.0286. The Hall–Kier alpha value is -1.64. The topological polar surface area (TPSA) is 66.9 Å². The monoisotopic (exact) mass is 358 g/mol. The number of anilines is 1. The van der Waals surface area contributed by atoms with Crippen molar-refractivity contribution in [3.05, 3.63) is 39.9 Å². The predicted octanol–water partition coefficient (Wildman–Crippen LogP) is 2.72. The minimum atomic E-state index is -2.85. The van der Waals surface area contributed by atoms with Gasteiger partial charge in [0.2, 0.25) is 11.0 Å². The van der Waals surface area contributed by atoms with Crippen LogP contribution in [0, 0.1) is 0 Å². The lowest BCUT2D eigenvalue weighted by atomic mass is 10.2. The molecular formula is C14H13ClF2N4OS. The van der Waals surface area contributed by atoms with Crippen LogP contribution in [0.1, 0.15) is 17.0 Å². The lowest BCUT2D eigenvalue weighted by molar-refractivity contribution is -0.118. The predicted molar refractivity (Wildman–Crippen MR) is 84.2 cm³/mol. The number of hydrogen-bond acceptors (Lipinski definition) is 5. The van der Waals surface area contributed by atoms with E-state index >= 15 is 0 Å². The van der Waals surface area contributed by atoms with Crippen LogP contribution in [0.25, 0.3) is 0 Å². The quantitative estimate of drug-likeness (QED) is 0.882. The van der Waals surface area contributed by atoms with Crippen molar-refractivity contribution >= 4 is 34.0 Å². The number of rotatable bonds is 4. The lowest BCUT2D eigenvalue weighted by Crippen LogP contribution is -2.35. The largest absolute Gasteiger partial charge is 0.300 e. The molecule has 9 heteroatoms. The third-order valence-electron chi connectivity index (χ3n) is 3.37. The first-order valence-corrected chi connectivity index (χ1v) is 8.10. The SMILES string of the molecule is O=C(Nc1nnc(Cc2cccc(Cl)c2)s1)C1CC(F)(F)CN1. The first kappa shape index (κ1) is 16.2. The number of amides is 1. The Morgan fingerprint density at radius 3 is 3.00 bits per heavy atom. The van der Waals surface area contributed by atoms with Crippen molar-refractivity contribution in [3.63, 3.8) is 0 Å². The second-order valence-corrected chi connectivity index (χ2v) is 6.79. The average Bonchev–Trinajstić information content (AvgIpc) is 3.05. The van der Waals surface area contributed by atoms with Crippen LogP contribution < -0.4 is 10.6 Å². The number of carbonyl (C=O) groups excluding carboxylic acids is 1. The van der Waals surface area contributed by atoms with E-state index in [0.29, 0.717) is 21.6 Å². The molecule has 0 spiro atoms. The Balaban J connectivity index is 1.60. The van der Waals surface area contributed by atoms with Gasteiger partial charge >= 0.3 is 0 Å². The molecule has 2 N–H and O–H groups in total. The number of carbonyl (C=O) groups is 1. The molecule has 3 rings (SSSR count). The van der Waals surface area contributed by atoms with Crippen molar-refractivity contribution < 1.29 is 13.6 Å². The Morgan fingerprint density at radius 1 is 1.48 bits per heavy atom. The molecule has 0 aliphatic carbocycles. The minimum absolute atomic E-state index is 0.295. The van der Waals surface area contributed by atoms with Gasteiger partial charge in [-0.15, -0.1) is 10.2 Å². The van der Waals surface area contributed by atoms with E-state index in [2.05, 4.69) is 20.8 Å². The van der Waals surface area contributed by atoms with Gasteiger partial charge in [0.1, 0.15) is 5.01 Å². The molecule has 1 aliphatic heterocycles. The number of aromatic nitrogens is 2. The molecule has 1 aliphatic rings. The standard InChI is InChI=1S/C14H13ClF2N4OS/c15-9-3-1-2-8(4-9)5-11-20-21-13(23-11)19-12(22)10-6-14(16,17)7-18-10/h1-4,10,18H,5-7H2,(H,19,21,22). The van der Waals surface area contributed by atoms with E-state index in [1.54, 1.807) is 6.07 Å². The number of nitrogens with one attached hydrogen (secondary N) is 2. The van der Waals surface area contributed by atoms with Gasteiger partial charge in [-0.1, -0.05) is 35.1 Å². The summed E-state index contributed by atoms with van der Waals surface area (Å²) in [5, 5.41) is 14.5. The normalized spacial score (nSPS) is 19.7. The second-order valence-electron chi connectivity index (χ2n) is 5.29. The zero-order valence-corrected chi connectivity index (χ0v) is 13.4. The minimum Gasteiger partial charge on any atom is -0.300 e. The van der Waals surface area contributed by atoms with Gasteiger partial charge in [0.15, 0.2) is 0 Å². The maximum atomic E-state index is 13.1. The molecule has 2 aromatic rings. The van der Waals surface area contributed by atoms with E-state index < -0.39 is 30.8 Å². The first-order chi connectivity index (χ1) is 10.9. The number of halogens is 3. The van der Waals surface area contributed by atoms with E-state index in [-0.39, 0.29) is 0 Å². The molecule has 1 fully saturated rings. The van der Waals surface area contributed by atoms with Gasteiger partial charge < -0.3 is 0 Å². The number of hydrogen-bond donors (Lipinski definition) is 2. The van der Waals surface area contributed by atoms with Gasteiger partial charge in [-0.2, -0.15) is 0 Å². The molecule has 0 bridgehead atoms. The Bertz CT molecular complexity index is 724. The summed E-state index contributed by atoms with van der Waals surface area (Å²) in [4.78, 5) is 11.9. The maximum absolute atomic E-state index is 13.1. The fourth-order valence-electron chi connectivity index (χ4n) is 2.29. The van der Waals surface area contributed by atoms with Gasteiger partial charge in [0.05, 0.1) is 12.6 Å². The van der Waals surface area contributed by atoms with Crippen molar-refractivity contribution in [2.24, 2.45) is 0 Å². The molecule has 0 radical (unpaired) electrons. The highest BCUT2D eigenvalue weighted by atomic mass is 35.5. The van der Waals surface area contributed by atoms with Crippen molar-refractivity contribution in [2.45, 2.75) is 24.8 Å². The Kier molecular flexibility index (Phi) is 4.56. The Morgan fingerprint density at radius 2 is 2.30 bits per heavy atom. The molecule has 2 heterocycles. The van der Waals surface area contributed by atoms with Gasteiger partial charge in [-0.3, -0.25) is 15.4 Å². The summed E-state index contributed by atoms with van der Waals surface area (Å²) in [5.41, 5.74) is 0.976. The van der Waals surface area contributed by atoms with E-state index in [9.17, 15) is 13.6 Å². The zero-order chi connectivity index (χ0) is 16.4. The summed E-state index contributed by atoms with van der Waals surface area (Å²) in [6, 6.07) is 6.45. The molecule has 122 valence electrons. The van der Waals surface area contributed by atoms with Gasteiger partial charge in [-0.05, 0) is 17.7 Å². The third-order valence-corrected chi connectivity index (χ3v) is 4.44. The average molecular weight is 359 g/mol. The van der Waals surface area contributed by atoms with Crippen LogP contribution in [-0.2, 0) is 11.2 Å². The van der Waals surface area contributed by atoms with Crippen molar-refractivity contribution in [1.29, 1.82) is 0 Å². The molecule has 1 saturated heterocycles. The summed E-state index contributed by atoms with van der Waals surface area (Å²) in [6.45, 7) is -0.485. The molecular weight excluding hydrogens is 346 g/mol. The van der Waals surface area contributed by atoms with Crippen molar-refractivity contribution in [3.8, 4) is 0 Å². The number of nitrogens with zero attached hydrogens (tertiary/aromatic N) is 2. The van der Waals surface area contributed by atoms with E-state index in [1.165, 1.54) is 11.3 Å². The van der Waals surface area contributed by atoms with Crippen LogP contribution in [0.3, 0.4) is 0 Å². The second kappa shape index (κ2) is 6.46. The van der Waals surface area contributed by atoms with Crippen LogP contribution in [0.15, 0.2) is 24.3 Å². The van der Waals surface area contributed by atoms with Crippen LogP contribution >= 0.6 is 22.9 Å². The summed E-state index contributed by atoms with van der Waals surface area (Å²) < 4.78 is 26.2. The van der Waals surface area contributed by atoms with Crippen molar-refractivity contribution in [2.75, 3.05) is 11.9 Å². The first-order valence-electron chi connectivity index (χ1n) is 6.90. The summed E-state index contributed by atoms with van der Waals surface area (Å²) in [5.74, 6) is -3.37. The molecule has 5 nitrogen and oxygen atoms in total. The fraction of sp³-hybridized carbons (Fsp3) is 0.357. The molecule has 1 atom stereocenters. The summed E-state index contributed by atoms with van der Waals surface area (Å²) >= 11 is 7.13. The maximum Gasteiger partial charge on any atom is 0.262 e. The van der Waals surface area contributed by atoms with E-state index in [4.69, 9.17) is 11.6 Å². The summed E-state index contributed by atoms with van der Waals surface area (Å²) in [7, 11) is 0. The molecule has 23 heavy (non-hydrogen) atoms. The van der Waals surface area contributed by atoms with Gasteiger partial charge in [-0.25, -0.2) is 8.78 Å². The van der Waals surface area contributed by atoms with Crippen molar-refractivity contribution in [1.82, 2.24) is 15.5 Å². The van der Waals surface area contributed by atoms with Crippen LogP contribution in [0.5, 0.6) is 0 Å². The molecule has 1 unspecified atom stereocenters. The third kappa shape index (κ3) is 4.21. The molecule has 1 aromatic carbocycles. The van der Waals surface area contributed by atoms with Gasteiger partial charge in [0, 0.05) is 17.9 Å². The highest BCUT2D eigenvalue weighted by Crippen LogP contribution is 2.26. The lowest BCUT2D eigenvalue weighted by Gasteiger charge is -2.08. The van der Waals surface area contributed by atoms with Crippen LogP contribution in [-0.4, -0.2) is 34.6 Å². The highest BCUT2D eigenvalue weighted by Gasteiger charge is 2.42. The van der Waals surface area contributed by atoms with Crippen LogP contribution in [0.4, 0.5) is 13.9 Å². The molecule has 1 amide bonds. The van der Waals surface area contributed by atoms with E-state index in [1.807, 2.05) is 18.2 Å². The number of benzene rings is 1. The van der Waals surface area contributed by atoms with Gasteiger partial charge in [0.25, 0.3) is 5.92 Å². The van der Waals surface area contributed by atoms with E-state index in [0.717, 1.165) is 5.56 Å². The highest BCUT2D eigenvalue weighted by molar-refractivity contribution is 7.15. The Labute approximate surface area is 140 Å². The van der Waals surface area contributed by atoms with Crippen LogP contribution in [0.2, 0.25) is 5.02 Å². The zero-order valence-electron chi connectivity index (χ0n) is 11.9.